The Balaban J connectivity index is 1.43. The number of piperidine rings is 1. The Kier molecular flexibility index (Phi) is 6.56. The third-order valence-electron chi connectivity index (χ3n) is 6.05. The topological polar surface area (TPSA) is 40.6 Å². The summed E-state index contributed by atoms with van der Waals surface area (Å²) in [4.78, 5) is 29.6. The first-order chi connectivity index (χ1) is 14.9. The molecule has 0 radical (unpaired) electrons. The summed E-state index contributed by atoms with van der Waals surface area (Å²) in [6.07, 6.45) is 3.42. The fraction of sp³-hybridized carbons (Fsp3) is 0.417. The Morgan fingerprint density at radius 1 is 1.06 bits per heavy atom. The highest BCUT2D eigenvalue weighted by Crippen LogP contribution is 2.33. The molecule has 1 saturated heterocycles. The first kappa shape index (κ1) is 21.8. The zero-order chi connectivity index (χ0) is 22.0. The molecule has 0 aromatic heterocycles. The lowest BCUT2D eigenvalue weighted by Gasteiger charge is -2.35. The van der Waals surface area contributed by atoms with E-state index in [1.54, 1.807) is 34.1 Å². The number of carbonyl (C=O) groups is 2. The Bertz CT molecular complexity index is 942. The number of halogens is 3. The van der Waals surface area contributed by atoms with E-state index in [2.05, 4.69) is 0 Å². The number of rotatable bonds is 6. The molecule has 1 aliphatic carbocycles. The summed E-state index contributed by atoms with van der Waals surface area (Å²) >= 11 is 6.19. The average Bonchev–Trinajstić information content (AvgIpc) is 3.60. The summed E-state index contributed by atoms with van der Waals surface area (Å²) in [6, 6.07) is 10.5. The number of hydrogen-bond donors (Lipinski definition) is 0. The number of benzene rings is 2. The zero-order valence-corrected chi connectivity index (χ0v) is 18.0. The molecule has 31 heavy (non-hydrogen) atoms. The molecular weight excluding hydrogens is 422 g/mol. The van der Waals surface area contributed by atoms with Gasteiger partial charge in [-0.3, -0.25) is 9.59 Å². The Morgan fingerprint density at radius 2 is 1.81 bits per heavy atom. The second-order valence-electron chi connectivity index (χ2n) is 8.38. The molecule has 0 N–H and O–H groups in total. The van der Waals surface area contributed by atoms with Crippen molar-refractivity contribution in [2.75, 3.05) is 13.1 Å². The molecule has 1 unspecified atom stereocenters. The molecule has 164 valence electrons. The minimum atomic E-state index is -0.411. The van der Waals surface area contributed by atoms with E-state index < -0.39 is 5.82 Å². The van der Waals surface area contributed by atoms with Crippen LogP contribution in [-0.4, -0.2) is 40.7 Å². The molecule has 2 aromatic carbocycles. The van der Waals surface area contributed by atoms with Gasteiger partial charge in [-0.1, -0.05) is 29.8 Å². The molecule has 4 rings (SSSR count). The molecule has 0 spiro atoms. The van der Waals surface area contributed by atoms with E-state index in [-0.39, 0.29) is 42.6 Å². The monoisotopic (exact) mass is 446 g/mol. The van der Waals surface area contributed by atoms with Crippen molar-refractivity contribution in [1.82, 2.24) is 9.80 Å². The number of likely N-dealkylation sites (tertiary alicyclic amines) is 1. The van der Waals surface area contributed by atoms with Crippen molar-refractivity contribution < 1.29 is 18.4 Å². The Morgan fingerprint density at radius 3 is 2.48 bits per heavy atom. The van der Waals surface area contributed by atoms with Crippen LogP contribution in [0.3, 0.4) is 0 Å². The molecule has 7 heteroatoms. The Labute approximate surface area is 185 Å². The van der Waals surface area contributed by atoms with Gasteiger partial charge < -0.3 is 9.80 Å². The van der Waals surface area contributed by atoms with Gasteiger partial charge in [-0.05, 0) is 55.5 Å². The first-order valence-corrected chi connectivity index (χ1v) is 11.1. The highest BCUT2D eigenvalue weighted by molar-refractivity contribution is 6.31. The van der Waals surface area contributed by atoms with E-state index >= 15 is 0 Å². The number of nitrogens with zero attached hydrogens (tertiary/aromatic N) is 2. The van der Waals surface area contributed by atoms with Gasteiger partial charge in [-0.25, -0.2) is 8.78 Å². The van der Waals surface area contributed by atoms with Crippen LogP contribution in [0.25, 0.3) is 0 Å². The summed E-state index contributed by atoms with van der Waals surface area (Å²) in [6.45, 7) is 1.11. The van der Waals surface area contributed by atoms with Crippen LogP contribution >= 0.6 is 11.6 Å². The highest BCUT2D eigenvalue weighted by Gasteiger charge is 2.38. The largest absolute Gasteiger partial charge is 0.342 e. The lowest BCUT2D eigenvalue weighted by atomic mass is 9.95. The second kappa shape index (κ2) is 9.35. The van der Waals surface area contributed by atoms with Crippen LogP contribution < -0.4 is 0 Å². The lowest BCUT2D eigenvalue weighted by molar-refractivity contribution is -0.141. The minimum absolute atomic E-state index is 0.0406. The molecule has 2 aliphatic rings. The van der Waals surface area contributed by atoms with Crippen molar-refractivity contribution in [3.05, 3.63) is 70.2 Å². The second-order valence-corrected chi connectivity index (χ2v) is 8.79. The van der Waals surface area contributed by atoms with Gasteiger partial charge in [-0.15, -0.1) is 0 Å². The van der Waals surface area contributed by atoms with E-state index in [0.29, 0.717) is 30.1 Å². The smallest absolute Gasteiger partial charge is 0.228 e. The van der Waals surface area contributed by atoms with Crippen LogP contribution in [0.4, 0.5) is 8.78 Å². The molecule has 2 fully saturated rings. The fourth-order valence-corrected chi connectivity index (χ4v) is 4.38. The van der Waals surface area contributed by atoms with Crippen molar-refractivity contribution in [3.63, 3.8) is 0 Å². The third-order valence-corrected chi connectivity index (χ3v) is 6.41. The van der Waals surface area contributed by atoms with Crippen LogP contribution in [0.1, 0.15) is 36.8 Å². The maximum atomic E-state index is 14.3. The third kappa shape index (κ3) is 5.24. The summed E-state index contributed by atoms with van der Waals surface area (Å²) in [5.74, 6) is -1.17. The predicted molar refractivity (Wildman–Crippen MR) is 114 cm³/mol. The zero-order valence-electron chi connectivity index (χ0n) is 17.2. The summed E-state index contributed by atoms with van der Waals surface area (Å²) in [5.41, 5.74) is 1.08. The van der Waals surface area contributed by atoms with Crippen molar-refractivity contribution in [2.45, 2.75) is 44.7 Å². The molecule has 2 amide bonds. The standard InChI is InChI=1S/C24H25ClF2N2O2/c25-21-4-1-5-22(27)20(21)15-29(19-10-11-19)24(31)17-3-2-12-28(14-17)23(30)13-16-6-8-18(26)9-7-16/h1,4-9,17,19H,2-3,10-15H2. The Hall–Kier alpha value is -2.47. The van der Waals surface area contributed by atoms with Gasteiger partial charge in [0.2, 0.25) is 11.8 Å². The van der Waals surface area contributed by atoms with E-state index in [4.69, 9.17) is 11.6 Å². The van der Waals surface area contributed by atoms with Gasteiger partial charge in [0.15, 0.2) is 0 Å². The van der Waals surface area contributed by atoms with Crippen LogP contribution in [0, 0.1) is 17.6 Å². The van der Waals surface area contributed by atoms with Crippen LogP contribution in [0.15, 0.2) is 42.5 Å². The number of hydrogen-bond acceptors (Lipinski definition) is 2. The number of carbonyl (C=O) groups excluding carboxylic acids is 2. The van der Waals surface area contributed by atoms with Gasteiger partial charge in [0.05, 0.1) is 18.9 Å². The SMILES string of the molecule is O=C(Cc1ccc(F)cc1)N1CCCC(C(=O)N(Cc2c(F)cccc2Cl)C2CC2)C1. The van der Waals surface area contributed by atoms with Gasteiger partial charge in [0, 0.05) is 29.7 Å². The summed E-state index contributed by atoms with van der Waals surface area (Å²) in [7, 11) is 0. The molecular formula is C24H25ClF2N2O2. The van der Waals surface area contributed by atoms with Crippen LogP contribution in [0.5, 0.6) is 0 Å². The molecule has 1 saturated carbocycles. The van der Waals surface area contributed by atoms with Gasteiger partial charge in [0.1, 0.15) is 11.6 Å². The molecule has 1 atom stereocenters. The predicted octanol–water partition coefficient (Wildman–Crippen LogP) is 4.59. The van der Waals surface area contributed by atoms with Crippen molar-refractivity contribution >= 4 is 23.4 Å². The molecule has 2 aromatic rings. The highest BCUT2D eigenvalue weighted by atomic mass is 35.5. The van der Waals surface area contributed by atoms with Crippen LogP contribution in [-0.2, 0) is 22.6 Å². The van der Waals surface area contributed by atoms with Gasteiger partial charge >= 0.3 is 0 Å². The fourth-order valence-electron chi connectivity index (χ4n) is 4.16. The maximum Gasteiger partial charge on any atom is 0.228 e. The van der Waals surface area contributed by atoms with Gasteiger partial charge in [-0.2, -0.15) is 0 Å². The first-order valence-electron chi connectivity index (χ1n) is 10.7. The molecule has 1 aliphatic heterocycles. The van der Waals surface area contributed by atoms with E-state index in [1.165, 1.54) is 18.2 Å². The summed E-state index contributed by atoms with van der Waals surface area (Å²) < 4.78 is 27.4. The lowest BCUT2D eigenvalue weighted by Crippen LogP contribution is -2.47. The van der Waals surface area contributed by atoms with E-state index in [9.17, 15) is 18.4 Å². The van der Waals surface area contributed by atoms with Gasteiger partial charge in [0.25, 0.3) is 0 Å². The average molecular weight is 447 g/mol. The quantitative estimate of drug-likeness (QED) is 0.651. The number of amides is 2. The van der Waals surface area contributed by atoms with Crippen molar-refractivity contribution in [1.29, 1.82) is 0 Å². The van der Waals surface area contributed by atoms with Crippen LogP contribution in [0.2, 0.25) is 5.02 Å². The van der Waals surface area contributed by atoms with E-state index in [0.717, 1.165) is 24.8 Å². The minimum Gasteiger partial charge on any atom is -0.342 e. The molecule has 0 bridgehead atoms. The van der Waals surface area contributed by atoms with Crippen molar-refractivity contribution in [3.8, 4) is 0 Å². The van der Waals surface area contributed by atoms with E-state index in [1.807, 2.05) is 0 Å². The maximum absolute atomic E-state index is 14.3. The van der Waals surface area contributed by atoms with Crippen molar-refractivity contribution in [2.24, 2.45) is 5.92 Å². The molecule has 4 nitrogen and oxygen atoms in total. The molecule has 1 heterocycles. The summed E-state index contributed by atoms with van der Waals surface area (Å²) in [5, 5.41) is 0.318. The normalized spacial score (nSPS) is 18.7.